The third-order valence-electron chi connectivity index (χ3n) is 5.02. The van der Waals surface area contributed by atoms with Gasteiger partial charge in [-0.15, -0.1) is 0 Å². The number of nitrogens with zero attached hydrogens (tertiary/aromatic N) is 1. The molecule has 0 heterocycles. The van der Waals surface area contributed by atoms with Crippen LogP contribution in [0.1, 0.15) is 30.3 Å². The largest absolute Gasteiger partial charge is 0.378 e. The lowest BCUT2D eigenvalue weighted by Crippen LogP contribution is -2.21. The number of hydrogen-bond donors (Lipinski definition) is 1. The SMILES string of the molecule is CCCO[P@](=O)(c1ccc(N(C)C)cc1)[C@@H](Nc1ccccc1)c1ccc(C)cc1. The minimum atomic E-state index is -3.28. The zero-order valence-electron chi connectivity index (χ0n) is 18.2. The summed E-state index contributed by atoms with van der Waals surface area (Å²) in [5.74, 6) is -0.489. The molecule has 4 nitrogen and oxygen atoms in total. The van der Waals surface area contributed by atoms with E-state index in [-0.39, 0.29) is 0 Å². The molecular weight excluding hydrogens is 391 g/mol. The van der Waals surface area contributed by atoms with Crippen LogP contribution in [0.4, 0.5) is 11.4 Å². The fourth-order valence-corrected chi connectivity index (χ4v) is 5.79. The number of rotatable bonds is 9. The van der Waals surface area contributed by atoms with Gasteiger partial charge < -0.3 is 14.7 Å². The number of benzene rings is 3. The third-order valence-corrected chi connectivity index (χ3v) is 7.71. The second-order valence-corrected chi connectivity index (χ2v) is 10.1. The van der Waals surface area contributed by atoms with E-state index in [1.54, 1.807) is 0 Å². The molecule has 3 aromatic rings. The molecular formula is C25H31N2O2P. The van der Waals surface area contributed by atoms with E-state index in [0.29, 0.717) is 6.61 Å². The predicted octanol–water partition coefficient (Wildman–Crippen LogP) is 6.20. The van der Waals surface area contributed by atoms with Crippen molar-refractivity contribution in [1.29, 1.82) is 0 Å². The van der Waals surface area contributed by atoms with Gasteiger partial charge in [-0.2, -0.15) is 0 Å². The summed E-state index contributed by atoms with van der Waals surface area (Å²) in [7, 11) is 0.708. The van der Waals surface area contributed by atoms with Crippen LogP contribution in [0.5, 0.6) is 0 Å². The smallest absolute Gasteiger partial charge is 0.258 e. The maximum Gasteiger partial charge on any atom is 0.258 e. The third kappa shape index (κ3) is 5.13. The average Bonchev–Trinajstić information content (AvgIpc) is 2.77. The van der Waals surface area contributed by atoms with Gasteiger partial charge in [-0.1, -0.05) is 55.0 Å². The van der Waals surface area contributed by atoms with Gasteiger partial charge in [0, 0.05) is 30.8 Å². The second kappa shape index (κ2) is 9.97. The minimum Gasteiger partial charge on any atom is -0.378 e. The molecule has 0 saturated heterocycles. The van der Waals surface area contributed by atoms with Crippen molar-refractivity contribution in [1.82, 2.24) is 0 Å². The Bertz CT molecular complexity index is 970. The van der Waals surface area contributed by atoms with Crippen molar-refractivity contribution in [3.05, 3.63) is 90.0 Å². The first-order valence-corrected chi connectivity index (χ1v) is 12.0. The van der Waals surface area contributed by atoms with Gasteiger partial charge in [-0.25, -0.2) is 0 Å². The molecule has 1 N–H and O–H groups in total. The first kappa shape index (κ1) is 22.1. The molecule has 0 aromatic heterocycles. The molecule has 0 aliphatic carbocycles. The van der Waals surface area contributed by atoms with Crippen molar-refractivity contribution in [2.75, 3.05) is 30.9 Å². The van der Waals surface area contributed by atoms with Gasteiger partial charge in [0.05, 0.1) is 6.61 Å². The average molecular weight is 423 g/mol. The van der Waals surface area contributed by atoms with Crippen LogP contribution in [0.2, 0.25) is 0 Å². The lowest BCUT2D eigenvalue weighted by Gasteiger charge is -2.30. The number of hydrogen-bond acceptors (Lipinski definition) is 4. The van der Waals surface area contributed by atoms with E-state index in [1.165, 1.54) is 0 Å². The second-order valence-electron chi connectivity index (χ2n) is 7.66. The summed E-state index contributed by atoms with van der Waals surface area (Å²) in [5, 5.41) is 4.22. The van der Waals surface area contributed by atoms with Crippen LogP contribution in [-0.2, 0) is 9.09 Å². The molecule has 5 heteroatoms. The molecule has 3 aromatic carbocycles. The Morgan fingerprint density at radius 2 is 1.57 bits per heavy atom. The molecule has 3 rings (SSSR count). The summed E-state index contributed by atoms with van der Waals surface area (Å²) in [6.45, 7) is 4.52. The summed E-state index contributed by atoms with van der Waals surface area (Å²) in [6, 6.07) is 25.9. The van der Waals surface area contributed by atoms with Crippen LogP contribution >= 0.6 is 7.37 Å². The van der Waals surface area contributed by atoms with Crippen molar-refractivity contribution in [3.8, 4) is 0 Å². The van der Waals surface area contributed by atoms with Gasteiger partial charge in [0.1, 0.15) is 5.78 Å². The van der Waals surface area contributed by atoms with E-state index in [0.717, 1.165) is 34.2 Å². The molecule has 2 atom stereocenters. The van der Waals surface area contributed by atoms with Crippen LogP contribution in [0.3, 0.4) is 0 Å². The van der Waals surface area contributed by atoms with E-state index in [9.17, 15) is 4.57 Å². The van der Waals surface area contributed by atoms with Crippen LogP contribution in [-0.4, -0.2) is 20.7 Å². The Labute approximate surface area is 180 Å². The van der Waals surface area contributed by atoms with Crippen molar-refractivity contribution in [2.24, 2.45) is 0 Å². The first-order chi connectivity index (χ1) is 14.4. The molecule has 0 spiro atoms. The predicted molar refractivity (Wildman–Crippen MR) is 128 cm³/mol. The van der Waals surface area contributed by atoms with Gasteiger partial charge in [-0.05, 0) is 55.3 Å². The highest BCUT2D eigenvalue weighted by Gasteiger charge is 2.37. The number of anilines is 2. The van der Waals surface area contributed by atoms with Crippen molar-refractivity contribution in [2.45, 2.75) is 26.1 Å². The zero-order chi connectivity index (χ0) is 21.6. The van der Waals surface area contributed by atoms with Gasteiger partial charge in [0.25, 0.3) is 7.37 Å². The normalized spacial score (nSPS) is 14.0. The summed E-state index contributed by atoms with van der Waals surface area (Å²) < 4.78 is 20.7. The van der Waals surface area contributed by atoms with Gasteiger partial charge in [0.15, 0.2) is 0 Å². The van der Waals surface area contributed by atoms with Gasteiger partial charge >= 0.3 is 0 Å². The molecule has 0 aliphatic rings. The lowest BCUT2D eigenvalue weighted by molar-refractivity contribution is 0.315. The summed E-state index contributed by atoms with van der Waals surface area (Å²) in [4.78, 5) is 2.03. The summed E-state index contributed by atoms with van der Waals surface area (Å²) >= 11 is 0. The summed E-state index contributed by atoms with van der Waals surface area (Å²) in [6.07, 6.45) is 0.797. The fraction of sp³-hybridized carbons (Fsp3) is 0.280. The zero-order valence-corrected chi connectivity index (χ0v) is 19.1. The molecule has 0 unspecified atom stereocenters. The maximum absolute atomic E-state index is 14.5. The molecule has 0 aliphatic heterocycles. The molecule has 30 heavy (non-hydrogen) atoms. The van der Waals surface area contributed by atoms with E-state index in [4.69, 9.17) is 4.52 Å². The highest BCUT2D eigenvalue weighted by molar-refractivity contribution is 7.67. The molecule has 0 fully saturated rings. The summed E-state index contributed by atoms with van der Waals surface area (Å²) in [5.41, 5.74) is 4.08. The van der Waals surface area contributed by atoms with Crippen LogP contribution in [0.25, 0.3) is 0 Å². The van der Waals surface area contributed by atoms with Crippen LogP contribution in [0.15, 0.2) is 78.9 Å². The Hall–Kier alpha value is -2.55. The van der Waals surface area contributed by atoms with Crippen LogP contribution in [0, 0.1) is 6.92 Å². The number of nitrogens with one attached hydrogen (secondary N) is 1. The highest BCUT2D eigenvalue weighted by atomic mass is 31.2. The quantitative estimate of drug-likeness (QED) is 0.417. The molecule has 0 saturated carbocycles. The van der Waals surface area contributed by atoms with Gasteiger partial charge in [-0.3, -0.25) is 4.57 Å². The van der Waals surface area contributed by atoms with Crippen molar-refractivity contribution < 1.29 is 9.09 Å². The lowest BCUT2D eigenvalue weighted by atomic mass is 10.1. The molecule has 0 amide bonds. The van der Waals surface area contributed by atoms with Crippen LogP contribution < -0.4 is 15.5 Å². The monoisotopic (exact) mass is 422 g/mol. The standard InChI is InChI=1S/C25H31N2O2P/c1-5-19-29-30(28,24-17-15-23(16-18-24)27(3)4)25(21-13-11-20(2)12-14-21)26-22-9-7-6-8-10-22/h6-18,25-26H,5,19H2,1-4H3/t25-,30-/m1/s1. The van der Waals surface area contributed by atoms with E-state index in [1.807, 2.05) is 105 Å². The Kier molecular flexibility index (Phi) is 7.36. The topological polar surface area (TPSA) is 41.6 Å². The first-order valence-electron chi connectivity index (χ1n) is 10.3. The number of aryl methyl sites for hydroxylation is 1. The van der Waals surface area contributed by atoms with E-state index in [2.05, 4.69) is 12.2 Å². The minimum absolute atomic E-state index is 0.436. The van der Waals surface area contributed by atoms with E-state index >= 15 is 0 Å². The Morgan fingerprint density at radius 3 is 2.13 bits per heavy atom. The van der Waals surface area contributed by atoms with Crippen molar-refractivity contribution in [3.63, 3.8) is 0 Å². The molecule has 0 bridgehead atoms. The molecule has 158 valence electrons. The molecule has 0 radical (unpaired) electrons. The Balaban J connectivity index is 2.10. The van der Waals surface area contributed by atoms with E-state index < -0.39 is 13.2 Å². The van der Waals surface area contributed by atoms with Crippen molar-refractivity contribution >= 4 is 24.0 Å². The maximum atomic E-state index is 14.5. The van der Waals surface area contributed by atoms with Gasteiger partial charge in [0.2, 0.25) is 0 Å². The number of para-hydroxylation sites is 1. The Morgan fingerprint density at radius 1 is 0.933 bits per heavy atom. The highest BCUT2D eigenvalue weighted by Crippen LogP contribution is 2.59. The fourth-order valence-electron chi connectivity index (χ4n) is 3.29.